The van der Waals surface area contributed by atoms with Crippen LogP contribution in [0.25, 0.3) is 44.2 Å². The molecule has 0 atom stereocenters. The Labute approximate surface area is 162 Å². The Bertz CT molecular complexity index is 1380. The number of pyridine rings is 2. The number of H-pyrrole nitrogens is 1. The van der Waals surface area contributed by atoms with Gasteiger partial charge in [0.2, 0.25) is 0 Å². The van der Waals surface area contributed by atoms with Gasteiger partial charge in [0.15, 0.2) is 0 Å². The zero-order valence-corrected chi connectivity index (χ0v) is 15.4. The van der Waals surface area contributed by atoms with Gasteiger partial charge in [-0.25, -0.2) is 4.98 Å². The van der Waals surface area contributed by atoms with Crippen LogP contribution in [0.5, 0.6) is 0 Å². The van der Waals surface area contributed by atoms with Crippen molar-refractivity contribution in [3.8, 4) is 22.4 Å². The van der Waals surface area contributed by atoms with Crippen LogP contribution in [0.15, 0.2) is 89.7 Å². The van der Waals surface area contributed by atoms with Crippen LogP contribution in [0.3, 0.4) is 0 Å². The second-order valence-electron chi connectivity index (χ2n) is 6.96. The minimum atomic E-state index is -0.125. The second-order valence-corrected chi connectivity index (χ2v) is 6.96. The molecule has 0 fully saturated rings. The van der Waals surface area contributed by atoms with Crippen LogP contribution in [-0.2, 0) is 0 Å². The Kier molecular flexibility index (Phi) is 3.80. The Morgan fingerprint density at radius 2 is 1.43 bits per heavy atom. The molecule has 28 heavy (non-hydrogen) atoms. The number of para-hydroxylation sites is 2. The van der Waals surface area contributed by atoms with Crippen LogP contribution >= 0.6 is 0 Å². The van der Waals surface area contributed by atoms with Crippen molar-refractivity contribution in [1.29, 1.82) is 0 Å². The number of nitrogens with one attached hydrogen (secondary N) is 1. The highest BCUT2D eigenvalue weighted by atomic mass is 16.1. The standard InChI is InChI=1S/C25H18N2O/c1-16-15-22(26-20-13-7-5-11-18(16)20)24-23(17-9-3-2-4-10-17)19-12-6-8-14-21(19)27-25(24)28/h2-15H,1H3,(H,27,28). The molecule has 2 heterocycles. The van der Waals surface area contributed by atoms with E-state index in [9.17, 15) is 4.79 Å². The van der Waals surface area contributed by atoms with E-state index in [-0.39, 0.29) is 5.56 Å². The Morgan fingerprint density at radius 3 is 2.25 bits per heavy atom. The molecule has 3 nitrogen and oxygen atoms in total. The topological polar surface area (TPSA) is 45.8 Å². The second kappa shape index (κ2) is 6.46. The molecule has 0 spiro atoms. The van der Waals surface area contributed by atoms with Crippen molar-refractivity contribution in [2.24, 2.45) is 0 Å². The van der Waals surface area contributed by atoms with E-state index in [0.717, 1.165) is 38.5 Å². The normalized spacial score (nSPS) is 11.2. The molecule has 2 aromatic heterocycles. The smallest absolute Gasteiger partial charge is 0.258 e. The fourth-order valence-corrected chi connectivity index (χ4v) is 3.87. The van der Waals surface area contributed by atoms with Crippen molar-refractivity contribution in [3.63, 3.8) is 0 Å². The summed E-state index contributed by atoms with van der Waals surface area (Å²) in [5.74, 6) is 0. The van der Waals surface area contributed by atoms with E-state index < -0.39 is 0 Å². The molecular weight excluding hydrogens is 344 g/mol. The zero-order valence-electron chi connectivity index (χ0n) is 15.4. The molecule has 0 saturated heterocycles. The molecule has 0 bridgehead atoms. The summed E-state index contributed by atoms with van der Waals surface area (Å²) in [5.41, 5.74) is 5.93. The monoisotopic (exact) mass is 362 g/mol. The van der Waals surface area contributed by atoms with Crippen molar-refractivity contribution in [2.45, 2.75) is 6.92 Å². The fourth-order valence-electron chi connectivity index (χ4n) is 3.87. The van der Waals surface area contributed by atoms with Crippen LogP contribution in [0.1, 0.15) is 5.56 Å². The number of hydrogen-bond donors (Lipinski definition) is 1. The molecule has 3 aromatic carbocycles. The zero-order chi connectivity index (χ0) is 19.1. The van der Waals surface area contributed by atoms with E-state index in [1.165, 1.54) is 0 Å². The van der Waals surface area contributed by atoms with Crippen LogP contribution in [-0.4, -0.2) is 9.97 Å². The first-order chi connectivity index (χ1) is 13.7. The fraction of sp³-hybridized carbons (Fsp3) is 0.0400. The van der Waals surface area contributed by atoms with Gasteiger partial charge in [-0.1, -0.05) is 66.7 Å². The van der Waals surface area contributed by atoms with E-state index in [1.807, 2.05) is 78.9 Å². The van der Waals surface area contributed by atoms with Gasteiger partial charge < -0.3 is 4.98 Å². The predicted octanol–water partition coefficient (Wildman–Crippen LogP) is 5.72. The van der Waals surface area contributed by atoms with E-state index in [2.05, 4.69) is 18.0 Å². The predicted molar refractivity (Wildman–Crippen MR) is 115 cm³/mol. The first kappa shape index (κ1) is 16.5. The Balaban J connectivity index is 1.93. The highest BCUT2D eigenvalue weighted by Gasteiger charge is 2.18. The maximum Gasteiger partial charge on any atom is 0.258 e. The molecule has 0 unspecified atom stereocenters. The highest BCUT2D eigenvalue weighted by molar-refractivity contribution is 6.02. The lowest BCUT2D eigenvalue weighted by atomic mass is 9.93. The minimum Gasteiger partial charge on any atom is -0.321 e. The van der Waals surface area contributed by atoms with Gasteiger partial charge in [-0.3, -0.25) is 4.79 Å². The van der Waals surface area contributed by atoms with Crippen molar-refractivity contribution < 1.29 is 0 Å². The number of aromatic amines is 1. The molecule has 0 saturated carbocycles. The quantitative estimate of drug-likeness (QED) is 0.437. The van der Waals surface area contributed by atoms with Crippen molar-refractivity contribution in [2.75, 3.05) is 0 Å². The summed E-state index contributed by atoms with van der Waals surface area (Å²) in [4.78, 5) is 21.1. The van der Waals surface area contributed by atoms with Crippen molar-refractivity contribution in [1.82, 2.24) is 9.97 Å². The largest absolute Gasteiger partial charge is 0.321 e. The molecule has 5 rings (SSSR count). The third-order valence-electron chi connectivity index (χ3n) is 5.16. The van der Waals surface area contributed by atoms with Gasteiger partial charge in [-0.2, -0.15) is 0 Å². The lowest BCUT2D eigenvalue weighted by Gasteiger charge is -2.14. The lowest BCUT2D eigenvalue weighted by Crippen LogP contribution is -2.12. The number of aryl methyl sites for hydroxylation is 1. The van der Waals surface area contributed by atoms with Gasteiger partial charge in [-0.05, 0) is 36.2 Å². The first-order valence-corrected chi connectivity index (χ1v) is 9.29. The molecule has 5 aromatic rings. The van der Waals surface area contributed by atoms with Gasteiger partial charge in [0.05, 0.1) is 16.8 Å². The van der Waals surface area contributed by atoms with E-state index in [4.69, 9.17) is 4.98 Å². The van der Waals surface area contributed by atoms with Gasteiger partial charge in [0, 0.05) is 21.9 Å². The summed E-state index contributed by atoms with van der Waals surface area (Å²) in [5, 5.41) is 2.11. The number of rotatable bonds is 2. The summed E-state index contributed by atoms with van der Waals surface area (Å²) in [6, 6.07) is 28.0. The SMILES string of the molecule is Cc1cc(-c2c(-c3ccccc3)c3ccccc3[nH]c2=O)nc2ccccc12. The van der Waals surface area contributed by atoms with Crippen molar-refractivity contribution in [3.05, 3.63) is 101 Å². The van der Waals surface area contributed by atoms with E-state index >= 15 is 0 Å². The van der Waals surface area contributed by atoms with Crippen LogP contribution in [0, 0.1) is 6.92 Å². The molecule has 134 valence electrons. The van der Waals surface area contributed by atoms with Gasteiger partial charge in [0.25, 0.3) is 5.56 Å². The Morgan fingerprint density at radius 1 is 0.750 bits per heavy atom. The Hall–Kier alpha value is -3.72. The van der Waals surface area contributed by atoms with Crippen molar-refractivity contribution >= 4 is 21.8 Å². The molecule has 0 aliphatic heterocycles. The average molecular weight is 362 g/mol. The number of aromatic nitrogens is 2. The lowest BCUT2D eigenvalue weighted by molar-refractivity contribution is 1.27. The third-order valence-corrected chi connectivity index (χ3v) is 5.16. The van der Waals surface area contributed by atoms with Crippen LogP contribution < -0.4 is 5.56 Å². The molecule has 1 N–H and O–H groups in total. The summed E-state index contributed by atoms with van der Waals surface area (Å²) in [6.07, 6.45) is 0. The summed E-state index contributed by atoms with van der Waals surface area (Å²) in [7, 11) is 0. The average Bonchev–Trinajstić information content (AvgIpc) is 2.73. The van der Waals surface area contributed by atoms with Gasteiger partial charge in [-0.15, -0.1) is 0 Å². The maximum absolute atomic E-state index is 13.2. The molecule has 3 heteroatoms. The summed E-state index contributed by atoms with van der Waals surface area (Å²) < 4.78 is 0. The number of benzene rings is 3. The molecule has 0 amide bonds. The molecule has 0 aliphatic rings. The molecular formula is C25H18N2O. The van der Waals surface area contributed by atoms with E-state index in [0.29, 0.717) is 11.3 Å². The minimum absolute atomic E-state index is 0.125. The first-order valence-electron chi connectivity index (χ1n) is 9.29. The van der Waals surface area contributed by atoms with Crippen LogP contribution in [0.2, 0.25) is 0 Å². The summed E-state index contributed by atoms with van der Waals surface area (Å²) >= 11 is 0. The van der Waals surface area contributed by atoms with Gasteiger partial charge in [0.1, 0.15) is 0 Å². The third kappa shape index (κ3) is 2.60. The van der Waals surface area contributed by atoms with Crippen LogP contribution in [0.4, 0.5) is 0 Å². The number of fused-ring (bicyclic) bond motifs is 2. The summed E-state index contributed by atoms with van der Waals surface area (Å²) in [6.45, 7) is 2.06. The maximum atomic E-state index is 13.2. The number of nitrogens with zero attached hydrogens (tertiary/aromatic N) is 1. The number of hydrogen-bond acceptors (Lipinski definition) is 2. The van der Waals surface area contributed by atoms with Gasteiger partial charge >= 0.3 is 0 Å². The molecule has 0 aliphatic carbocycles. The highest BCUT2D eigenvalue weighted by Crippen LogP contribution is 2.35. The molecule has 0 radical (unpaired) electrons. The van der Waals surface area contributed by atoms with E-state index in [1.54, 1.807) is 0 Å².